The quantitative estimate of drug-likeness (QED) is 0.381. The second kappa shape index (κ2) is 7.14. The van der Waals surface area contributed by atoms with Gasteiger partial charge in [-0.05, 0) is 6.08 Å². The molecule has 0 radical (unpaired) electrons. The third kappa shape index (κ3) is 4.78. The van der Waals surface area contributed by atoms with Crippen molar-refractivity contribution >= 4 is 29.0 Å². The predicted molar refractivity (Wildman–Crippen MR) is 68.6 cm³/mol. The lowest BCUT2D eigenvalue weighted by Crippen LogP contribution is -2.37. The summed E-state index contributed by atoms with van der Waals surface area (Å²) in [6, 6.07) is 0. The van der Waals surface area contributed by atoms with Gasteiger partial charge in [-0.25, -0.2) is 4.79 Å². The lowest BCUT2D eigenvalue weighted by Gasteiger charge is -2.27. The third-order valence-corrected chi connectivity index (χ3v) is 3.00. The van der Waals surface area contributed by atoms with Crippen LogP contribution in [0.4, 0.5) is 4.79 Å². The fraction of sp³-hybridized carbons (Fsp3) is 0.700. The Balaban J connectivity index is 2.68. The van der Waals surface area contributed by atoms with Gasteiger partial charge in [0.2, 0.25) is 0 Å². The number of aliphatic hydroxyl groups is 2. The van der Waals surface area contributed by atoms with Crippen molar-refractivity contribution in [3.63, 3.8) is 0 Å². The number of ether oxygens (including phenoxy) is 2. The van der Waals surface area contributed by atoms with Crippen LogP contribution >= 0.6 is 22.9 Å². The molecule has 0 spiro atoms. The second-order valence-corrected chi connectivity index (χ2v) is 4.34. The first-order valence-corrected chi connectivity index (χ1v) is 6.29. The van der Waals surface area contributed by atoms with Gasteiger partial charge in [0.05, 0.1) is 41.2 Å². The van der Waals surface area contributed by atoms with E-state index < -0.39 is 30.5 Å². The van der Waals surface area contributed by atoms with E-state index >= 15 is 0 Å². The summed E-state index contributed by atoms with van der Waals surface area (Å²) < 4.78 is 12.4. The smallest absolute Gasteiger partial charge is 0.416 e. The third-order valence-electron chi connectivity index (χ3n) is 2.56. The molecule has 0 aromatic rings. The minimum Gasteiger partial charge on any atom is -0.441 e. The molecule has 0 heterocycles. The Morgan fingerprint density at radius 3 is 2.71 bits per heavy atom. The number of carbonyl (C=O) groups excluding carboxylic acids is 1. The number of nitrogens with one attached hydrogen (secondary N) is 1. The van der Waals surface area contributed by atoms with Crippen molar-refractivity contribution in [1.29, 1.82) is 0 Å². The van der Waals surface area contributed by atoms with E-state index in [1.54, 1.807) is 35.0 Å². The topological polar surface area (TPSA) is 88.0 Å². The number of hydrogen-bond donors (Lipinski definition) is 3. The van der Waals surface area contributed by atoms with E-state index in [0.29, 0.717) is 6.42 Å². The van der Waals surface area contributed by atoms with Crippen molar-refractivity contribution < 1.29 is 24.5 Å². The zero-order valence-electron chi connectivity index (χ0n) is 9.38. The summed E-state index contributed by atoms with van der Waals surface area (Å²) in [6.45, 7) is 0. The van der Waals surface area contributed by atoms with Crippen molar-refractivity contribution in [2.45, 2.75) is 37.3 Å². The van der Waals surface area contributed by atoms with E-state index in [1.807, 2.05) is 0 Å². The van der Waals surface area contributed by atoms with Gasteiger partial charge in [-0.1, -0.05) is 6.08 Å². The highest BCUT2D eigenvalue weighted by molar-refractivity contribution is 14.1. The summed E-state index contributed by atoms with van der Waals surface area (Å²) in [5, 5.41) is 19.5. The Bertz CT molecular complexity index is 286. The van der Waals surface area contributed by atoms with Gasteiger partial charge < -0.3 is 19.7 Å². The molecule has 4 atom stereocenters. The second-order valence-electron chi connectivity index (χ2n) is 3.80. The summed E-state index contributed by atoms with van der Waals surface area (Å²) in [4.78, 5) is 11.1. The van der Waals surface area contributed by atoms with Gasteiger partial charge in [-0.3, -0.25) is 3.53 Å². The van der Waals surface area contributed by atoms with E-state index in [1.165, 1.54) is 7.11 Å². The highest BCUT2D eigenvalue weighted by Crippen LogP contribution is 2.18. The van der Waals surface area contributed by atoms with Crippen LogP contribution in [-0.4, -0.2) is 47.8 Å². The van der Waals surface area contributed by atoms with E-state index in [-0.39, 0.29) is 6.42 Å². The highest BCUT2D eigenvalue weighted by atomic mass is 127. The minimum absolute atomic E-state index is 0.242. The van der Waals surface area contributed by atoms with Crippen LogP contribution in [0, 0.1) is 0 Å². The van der Waals surface area contributed by atoms with Crippen LogP contribution in [-0.2, 0) is 9.47 Å². The maximum absolute atomic E-state index is 11.1. The lowest BCUT2D eigenvalue weighted by atomic mass is 9.97. The van der Waals surface area contributed by atoms with Gasteiger partial charge in [-0.2, -0.15) is 0 Å². The molecule has 0 fully saturated rings. The molecule has 6 nitrogen and oxygen atoms in total. The van der Waals surface area contributed by atoms with Gasteiger partial charge in [-0.15, -0.1) is 0 Å². The number of carbonyl (C=O) groups is 1. The fourth-order valence-corrected chi connectivity index (χ4v) is 1.82. The van der Waals surface area contributed by atoms with Crippen LogP contribution < -0.4 is 3.53 Å². The Morgan fingerprint density at radius 1 is 1.41 bits per heavy atom. The summed E-state index contributed by atoms with van der Waals surface area (Å²) in [5.74, 6) is 0. The van der Waals surface area contributed by atoms with Gasteiger partial charge >= 0.3 is 6.09 Å². The molecule has 1 rings (SSSR count). The van der Waals surface area contributed by atoms with Gasteiger partial charge in [0.25, 0.3) is 0 Å². The number of rotatable bonds is 2. The number of halogens is 1. The van der Waals surface area contributed by atoms with E-state index in [4.69, 9.17) is 9.47 Å². The normalized spacial score (nSPS) is 35.5. The molecule has 0 aromatic heterocycles. The van der Waals surface area contributed by atoms with Crippen molar-refractivity contribution in [3.8, 4) is 0 Å². The zero-order valence-corrected chi connectivity index (χ0v) is 11.5. The summed E-state index contributed by atoms with van der Waals surface area (Å²) >= 11 is 1.66. The molecule has 3 N–H and O–H groups in total. The zero-order chi connectivity index (χ0) is 12.8. The van der Waals surface area contributed by atoms with Gasteiger partial charge in [0.1, 0.15) is 6.10 Å². The van der Waals surface area contributed by atoms with Crippen LogP contribution in [0.25, 0.3) is 0 Å². The maximum Gasteiger partial charge on any atom is 0.416 e. The Morgan fingerprint density at radius 2 is 2.12 bits per heavy atom. The summed E-state index contributed by atoms with van der Waals surface area (Å²) in [7, 11) is 1.47. The summed E-state index contributed by atoms with van der Waals surface area (Å²) in [5.41, 5.74) is 0. The molecule has 0 bridgehead atoms. The number of amides is 1. The van der Waals surface area contributed by atoms with Crippen LogP contribution in [0.15, 0.2) is 12.2 Å². The number of methoxy groups -OCH3 is 1. The fourth-order valence-electron chi connectivity index (χ4n) is 1.69. The predicted octanol–water partition coefficient (Wildman–Crippen LogP) is 0.518. The van der Waals surface area contributed by atoms with Crippen LogP contribution in [0.3, 0.4) is 0 Å². The average Bonchev–Trinajstić information content (AvgIpc) is 2.30. The molecule has 1 amide bonds. The molecule has 0 saturated carbocycles. The van der Waals surface area contributed by atoms with Gasteiger partial charge in [0.15, 0.2) is 0 Å². The van der Waals surface area contributed by atoms with E-state index in [0.717, 1.165) is 0 Å². The van der Waals surface area contributed by atoms with Crippen LogP contribution in [0.5, 0.6) is 0 Å². The van der Waals surface area contributed by atoms with Crippen molar-refractivity contribution in [1.82, 2.24) is 3.53 Å². The lowest BCUT2D eigenvalue weighted by molar-refractivity contribution is -0.0499. The minimum atomic E-state index is -0.786. The van der Waals surface area contributed by atoms with Crippen molar-refractivity contribution in [2.24, 2.45) is 0 Å². The molecule has 17 heavy (non-hydrogen) atoms. The number of aliphatic hydroxyl groups excluding tert-OH is 2. The standard InChI is InChI=1S/C10H16INO5/c1-16-9-4-6(13)2-3-7(5-8(9)14)17-10(15)12-11/h2-3,6-9,13-14H,4-5H2,1H3,(H,12,15)/b3-2+. The first-order valence-electron chi connectivity index (χ1n) is 5.21. The maximum atomic E-state index is 11.1. The molecule has 1 aliphatic rings. The summed E-state index contributed by atoms with van der Waals surface area (Å²) in [6.07, 6.45) is 0.544. The van der Waals surface area contributed by atoms with Crippen molar-refractivity contribution in [2.75, 3.05) is 7.11 Å². The highest BCUT2D eigenvalue weighted by Gasteiger charge is 2.27. The molecule has 98 valence electrons. The number of hydrogen-bond acceptors (Lipinski definition) is 5. The van der Waals surface area contributed by atoms with E-state index in [2.05, 4.69) is 3.53 Å². The molecule has 0 aromatic carbocycles. The molecule has 7 heteroatoms. The Kier molecular flexibility index (Phi) is 6.17. The van der Waals surface area contributed by atoms with Crippen molar-refractivity contribution in [3.05, 3.63) is 12.2 Å². The van der Waals surface area contributed by atoms with Gasteiger partial charge in [0, 0.05) is 20.0 Å². The van der Waals surface area contributed by atoms with Crippen LogP contribution in [0.2, 0.25) is 0 Å². The van der Waals surface area contributed by atoms with Crippen LogP contribution in [0.1, 0.15) is 12.8 Å². The first-order chi connectivity index (χ1) is 8.06. The molecular formula is C10H16INO5. The first kappa shape index (κ1) is 14.7. The average molecular weight is 357 g/mol. The molecule has 1 aliphatic carbocycles. The Hall–Kier alpha value is -0.380. The Labute approximate surface area is 113 Å². The molecule has 0 aliphatic heterocycles. The molecule has 0 saturated heterocycles. The molecule has 4 unspecified atom stereocenters. The molecular weight excluding hydrogens is 341 g/mol. The SMILES string of the molecule is COC1CC(O)/C=C/C(OC(=O)NI)CC1O. The van der Waals surface area contributed by atoms with E-state index in [9.17, 15) is 15.0 Å². The monoisotopic (exact) mass is 357 g/mol. The largest absolute Gasteiger partial charge is 0.441 e.